The Hall–Kier alpha value is -0.0800. The van der Waals surface area contributed by atoms with Gasteiger partial charge in [-0.2, -0.15) is 0 Å². The van der Waals surface area contributed by atoms with Gasteiger partial charge in [-0.05, 0) is 13.3 Å². The SMILES string of the molecule is CCCCCCCOC1(C)CNC1. The van der Waals surface area contributed by atoms with Gasteiger partial charge in [0.2, 0.25) is 0 Å². The minimum Gasteiger partial charge on any atom is -0.373 e. The van der Waals surface area contributed by atoms with Crippen LogP contribution in [-0.4, -0.2) is 25.3 Å². The summed E-state index contributed by atoms with van der Waals surface area (Å²) in [6, 6.07) is 0. The van der Waals surface area contributed by atoms with Gasteiger partial charge >= 0.3 is 0 Å². The highest BCUT2D eigenvalue weighted by Crippen LogP contribution is 2.16. The van der Waals surface area contributed by atoms with Crippen molar-refractivity contribution < 1.29 is 4.74 Å². The van der Waals surface area contributed by atoms with Crippen LogP contribution in [0, 0.1) is 0 Å². The molecule has 0 spiro atoms. The molecule has 0 amide bonds. The van der Waals surface area contributed by atoms with E-state index in [0.717, 1.165) is 19.7 Å². The fourth-order valence-electron chi connectivity index (χ4n) is 1.60. The maximum Gasteiger partial charge on any atom is 0.0901 e. The Bertz CT molecular complexity index is 132. The van der Waals surface area contributed by atoms with Crippen molar-refractivity contribution >= 4 is 0 Å². The Morgan fingerprint density at radius 2 is 1.85 bits per heavy atom. The van der Waals surface area contributed by atoms with Crippen LogP contribution in [0.3, 0.4) is 0 Å². The molecule has 1 saturated heterocycles. The lowest BCUT2D eigenvalue weighted by atomic mass is 10.00. The molecule has 0 atom stereocenters. The van der Waals surface area contributed by atoms with Crippen LogP contribution < -0.4 is 5.32 Å². The van der Waals surface area contributed by atoms with E-state index in [1.54, 1.807) is 0 Å². The summed E-state index contributed by atoms with van der Waals surface area (Å²) in [5.74, 6) is 0. The van der Waals surface area contributed by atoms with E-state index < -0.39 is 0 Å². The van der Waals surface area contributed by atoms with Gasteiger partial charge in [-0.15, -0.1) is 0 Å². The minimum absolute atomic E-state index is 0.157. The molecule has 0 aromatic heterocycles. The summed E-state index contributed by atoms with van der Waals surface area (Å²) in [6.45, 7) is 7.44. The highest BCUT2D eigenvalue weighted by molar-refractivity contribution is 4.89. The molecular formula is C11H23NO. The summed E-state index contributed by atoms with van der Waals surface area (Å²) in [7, 11) is 0. The second kappa shape index (κ2) is 5.61. The fraction of sp³-hybridized carbons (Fsp3) is 1.00. The minimum atomic E-state index is 0.157. The number of nitrogens with one attached hydrogen (secondary N) is 1. The van der Waals surface area contributed by atoms with Gasteiger partial charge in [0.05, 0.1) is 5.60 Å². The molecule has 0 unspecified atom stereocenters. The predicted molar refractivity (Wildman–Crippen MR) is 56.0 cm³/mol. The van der Waals surface area contributed by atoms with E-state index in [0.29, 0.717) is 0 Å². The normalized spacial score (nSPS) is 19.8. The first kappa shape index (κ1) is 11.0. The first-order valence-corrected chi connectivity index (χ1v) is 5.61. The average molecular weight is 185 g/mol. The summed E-state index contributed by atoms with van der Waals surface area (Å²) in [5.41, 5.74) is 0.157. The molecule has 2 heteroatoms. The van der Waals surface area contributed by atoms with Gasteiger partial charge in [-0.1, -0.05) is 32.6 Å². The lowest BCUT2D eigenvalue weighted by molar-refractivity contribution is -0.0677. The molecule has 13 heavy (non-hydrogen) atoms. The number of unbranched alkanes of at least 4 members (excludes halogenated alkanes) is 4. The Balaban J connectivity index is 1.83. The number of hydrogen-bond acceptors (Lipinski definition) is 2. The van der Waals surface area contributed by atoms with E-state index in [1.807, 2.05) is 0 Å². The van der Waals surface area contributed by atoms with E-state index in [2.05, 4.69) is 19.2 Å². The standard InChI is InChI=1S/C11H23NO/c1-3-4-5-6-7-8-13-11(2)9-12-10-11/h12H,3-10H2,1-2H3. The predicted octanol–water partition coefficient (Wildman–Crippen LogP) is 2.34. The maximum absolute atomic E-state index is 5.78. The third-order valence-corrected chi connectivity index (χ3v) is 2.70. The van der Waals surface area contributed by atoms with Crippen molar-refractivity contribution in [3.8, 4) is 0 Å². The molecule has 1 N–H and O–H groups in total. The highest BCUT2D eigenvalue weighted by Gasteiger charge is 2.31. The molecule has 0 aliphatic carbocycles. The monoisotopic (exact) mass is 185 g/mol. The van der Waals surface area contributed by atoms with Crippen LogP contribution in [-0.2, 0) is 4.74 Å². The van der Waals surface area contributed by atoms with Crippen molar-refractivity contribution in [3.63, 3.8) is 0 Å². The van der Waals surface area contributed by atoms with Gasteiger partial charge in [0, 0.05) is 19.7 Å². The number of ether oxygens (including phenoxy) is 1. The van der Waals surface area contributed by atoms with Crippen LogP contribution in [0.4, 0.5) is 0 Å². The Labute approximate surface area is 82.0 Å². The average Bonchev–Trinajstić information content (AvgIpc) is 2.08. The van der Waals surface area contributed by atoms with Crippen molar-refractivity contribution in [1.82, 2.24) is 5.32 Å². The van der Waals surface area contributed by atoms with Gasteiger partial charge in [0.25, 0.3) is 0 Å². The van der Waals surface area contributed by atoms with Crippen LogP contribution in [0.5, 0.6) is 0 Å². The van der Waals surface area contributed by atoms with Crippen LogP contribution in [0.25, 0.3) is 0 Å². The van der Waals surface area contributed by atoms with E-state index in [1.165, 1.54) is 32.1 Å². The molecular weight excluding hydrogens is 162 g/mol. The number of rotatable bonds is 7. The van der Waals surface area contributed by atoms with E-state index in [4.69, 9.17) is 4.74 Å². The summed E-state index contributed by atoms with van der Waals surface area (Å²) < 4.78 is 5.78. The van der Waals surface area contributed by atoms with Crippen molar-refractivity contribution in [2.45, 2.75) is 51.6 Å². The van der Waals surface area contributed by atoms with Gasteiger partial charge in [-0.3, -0.25) is 0 Å². The van der Waals surface area contributed by atoms with Crippen molar-refractivity contribution in [2.75, 3.05) is 19.7 Å². The third kappa shape index (κ3) is 4.10. The second-order valence-corrected chi connectivity index (χ2v) is 4.32. The Morgan fingerprint density at radius 1 is 1.15 bits per heavy atom. The molecule has 2 nitrogen and oxygen atoms in total. The molecule has 78 valence electrons. The van der Waals surface area contributed by atoms with Crippen molar-refractivity contribution in [1.29, 1.82) is 0 Å². The molecule has 1 aliphatic rings. The Kier molecular flexibility index (Phi) is 4.74. The zero-order valence-corrected chi connectivity index (χ0v) is 9.07. The fourth-order valence-corrected chi connectivity index (χ4v) is 1.60. The summed E-state index contributed by atoms with van der Waals surface area (Å²) in [4.78, 5) is 0. The van der Waals surface area contributed by atoms with Crippen molar-refractivity contribution in [2.24, 2.45) is 0 Å². The molecule has 0 bridgehead atoms. The molecule has 0 aromatic carbocycles. The van der Waals surface area contributed by atoms with Crippen LogP contribution in [0.1, 0.15) is 46.0 Å². The topological polar surface area (TPSA) is 21.3 Å². The summed E-state index contributed by atoms with van der Waals surface area (Å²) in [6.07, 6.45) is 6.63. The van der Waals surface area contributed by atoms with Crippen LogP contribution in [0.2, 0.25) is 0 Å². The van der Waals surface area contributed by atoms with Gasteiger partial charge in [0.1, 0.15) is 0 Å². The molecule has 1 rings (SSSR count). The van der Waals surface area contributed by atoms with Crippen LogP contribution >= 0.6 is 0 Å². The van der Waals surface area contributed by atoms with Gasteiger partial charge < -0.3 is 10.1 Å². The number of hydrogen-bond donors (Lipinski definition) is 1. The molecule has 0 saturated carbocycles. The van der Waals surface area contributed by atoms with Crippen LogP contribution in [0.15, 0.2) is 0 Å². The molecule has 0 aromatic rings. The first-order valence-electron chi connectivity index (χ1n) is 5.61. The molecule has 1 heterocycles. The van der Waals surface area contributed by atoms with E-state index >= 15 is 0 Å². The van der Waals surface area contributed by atoms with Gasteiger partial charge in [-0.25, -0.2) is 0 Å². The van der Waals surface area contributed by atoms with Gasteiger partial charge in [0.15, 0.2) is 0 Å². The van der Waals surface area contributed by atoms with E-state index in [9.17, 15) is 0 Å². The second-order valence-electron chi connectivity index (χ2n) is 4.32. The summed E-state index contributed by atoms with van der Waals surface area (Å²) in [5, 5.41) is 3.24. The lowest BCUT2D eigenvalue weighted by Gasteiger charge is -2.39. The zero-order chi connectivity index (χ0) is 9.57. The zero-order valence-electron chi connectivity index (χ0n) is 9.07. The lowest BCUT2D eigenvalue weighted by Crippen LogP contribution is -2.59. The first-order chi connectivity index (χ1) is 6.27. The molecule has 0 radical (unpaired) electrons. The molecule has 1 fully saturated rings. The Morgan fingerprint density at radius 3 is 2.38 bits per heavy atom. The van der Waals surface area contributed by atoms with E-state index in [-0.39, 0.29) is 5.60 Å². The summed E-state index contributed by atoms with van der Waals surface area (Å²) >= 11 is 0. The molecule has 1 aliphatic heterocycles. The van der Waals surface area contributed by atoms with Crippen molar-refractivity contribution in [3.05, 3.63) is 0 Å². The largest absolute Gasteiger partial charge is 0.373 e. The third-order valence-electron chi connectivity index (χ3n) is 2.70. The quantitative estimate of drug-likeness (QED) is 0.615. The smallest absolute Gasteiger partial charge is 0.0901 e. The maximum atomic E-state index is 5.78. The highest BCUT2D eigenvalue weighted by atomic mass is 16.5.